The molecule has 0 fully saturated rings. The molecule has 0 saturated heterocycles. The van der Waals surface area contributed by atoms with Crippen LogP contribution in [0.15, 0.2) is 30.3 Å². The van der Waals surface area contributed by atoms with Gasteiger partial charge in [0, 0.05) is 28.9 Å². The highest BCUT2D eigenvalue weighted by Crippen LogP contribution is 2.21. The van der Waals surface area contributed by atoms with Gasteiger partial charge < -0.3 is 4.74 Å². The van der Waals surface area contributed by atoms with Crippen LogP contribution in [0.4, 0.5) is 0 Å². The number of hydrogen-bond acceptors (Lipinski definition) is 3. The lowest BCUT2D eigenvalue weighted by molar-refractivity contribution is 0.0992. The summed E-state index contributed by atoms with van der Waals surface area (Å²) in [7, 11) is 1.62. The van der Waals surface area contributed by atoms with Gasteiger partial charge in [-0.2, -0.15) is 0 Å². The van der Waals surface area contributed by atoms with Crippen LogP contribution in [0.3, 0.4) is 0 Å². The largest absolute Gasteiger partial charge is 0.496 e. The molecule has 0 N–H and O–H groups in total. The number of aromatic nitrogens is 1. The molecule has 0 aliphatic heterocycles. The Balaban J connectivity index is 2.29. The van der Waals surface area contributed by atoms with E-state index in [1.54, 1.807) is 7.11 Å². The smallest absolute Gasteiger partial charge is 0.167 e. The third-order valence-electron chi connectivity index (χ3n) is 3.19. The lowest BCUT2D eigenvalue weighted by Crippen LogP contribution is -2.06. The quantitative estimate of drug-likeness (QED) is 0.798. The van der Waals surface area contributed by atoms with Gasteiger partial charge in [0.2, 0.25) is 0 Å². The molecule has 0 spiro atoms. The third-order valence-corrected chi connectivity index (χ3v) is 3.19. The number of methoxy groups -OCH3 is 1. The van der Waals surface area contributed by atoms with E-state index in [4.69, 9.17) is 4.74 Å². The fourth-order valence-electron chi connectivity index (χ4n) is 2.32. The first-order valence-corrected chi connectivity index (χ1v) is 6.61. The highest BCUT2D eigenvalue weighted by molar-refractivity contribution is 5.98. The molecule has 0 saturated carbocycles. The number of ketones is 1. The van der Waals surface area contributed by atoms with Crippen molar-refractivity contribution >= 4 is 5.78 Å². The summed E-state index contributed by atoms with van der Waals surface area (Å²) >= 11 is 0. The van der Waals surface area contributed by atoms with Gasteiger partial charge in [0.15, 0.2) is 5.78 Å². The average Bonchev–Trinajstić information content (AvgIpc) is 2.37. The number of Topliss-reactive ketones (excluding diaryl/α,β-unsaturated/α-hetero) is 1. The predicted molar refractivity (Wildman–Crippen MR) is 79.5 cm³/mol. The van der Waals surface area contributed by atoms with E-state index in [0.29, 0.717) is 12.0 Å². The number of hydrogen-bond donors (Lipinski definition) is 0. The Kier molecular flexibility index (Phi) is 4.18. The normalized spacial score (nSPS) is 10.4. The van der Waals surface area contributed by atoms with Gasteiger partial charge in [-0.25, -0.2) is 0 Å². The van der Waals surface area contributed by atoms with Gasteiger partial charge in [0.05, 0.1) is 7.11 Å². The van der Waals surface area contributed by atoms with Crippen LogP contribution < -0.4 is 4.74 Å². The molecule has 0 amide bonds. The monoisotopic (exact) mass is 269 g/mol. The summed E-state index contributed by atoms with van der Waals surface area (Å²) < 4.78 is 5.32. The van der Waals surface area contributed by atoms with E-state index >= 15 is 0 Å². The van der Waals surface area contributed by atoms with Crippen LogP contribution in [-0.2, 0) is 6.42 Å². The molecule has 0 radical (unpaired) electrons. The van der Waals surface area contributed by atoms with Crippen LogP contribution in [-0.4, -0.2) is 17.9 Å². The number of benzene rings is 1. The summed E-state index contributed by atoms with van der Waals surface area (Å²) in [5.74, 6) is 0.842. The van der Waals surface area contributed by atoms with Crippen LogP contribution in [0.1, 0.15) is 32.9 Å². The van der Waals surface area contributed by atoms with Crippen molar-refractivity contribution in [2.24, 2.45) is 0 Å². The predicted octanol–water partition coefficient (Wildman–Crippen LogP) is 3.44. The molecule has 0 bridgehead atoms. The van der Waals surface area contributed by atoms with E-state index in [1.165, 1.54) is 0 Å². The second kappa shape index (κ2) is 5.87. The third kappa shape index (κ3) is 3.23. The maximum absolute atomic E-state index is 12.4. The molecule has 3 nitrogen and oxygen atoms in total. The van der Waals surface area contributed by atoms with Crippen LogP contribution in [0, 0.1) is 20.8 Å². The Morgan fingerprint density at radius 3 is 2.35 bits per heavy atom. The van der Waals surface area contributed by atoms with Crippen molar-refractivity contribution in [2.75, 3.05) is 7.11 Å². The first-order valence-electron chi connectivity index (χ1n) is 6.61. The van der Waals surface area contributed by atoms with Gasteiger partial charge in [-0.1, -0.05) is 17.7 Å². The highest BCUT2D eigenvalue weighted by atomic mass is 16.5. The molecule has 104 valence electrons. The molecule has 2 aromatic rings. The topological polar surface area (TPSA) is 39.2 Å². The number of rotatable bonds is 4. The molecular weight excluding hydrogens is 250 g/mol. The maximum atomic E-state index is 12.4. The van der Waals surface area contributed by atoms with Crippen LogP contribution in [0.2, 0.25) is 0 Å². The Morgan fingerprint density at radius 1 is 1.10 bits per heavy atom. The second-order valence-electron chi connectivity index (χ2n) is 5.05. The summed E-state index contributed by atoms with van der Waals surface area (Å²) in [6.45, 7) is 5.81. The Hall–Kier alpha value is -2.16. The molecule has 1 aromatic heterocycles. The van der Waals surface area contributed by atoms with E-state index < -0.39 is 0 Å². The molecule has 1 heterocycles. The number of aryl methyl sites for hydroxylation is 3. The standard InChI is InChI=1S/C17H19NO2/c1-11-5-6-17(20-4)15(7-11)10-16(19)14-8-12(2)18-13(3)9-14/h5-9H,10H2,1-4H3. The molecule has 2 rings (SSSR count). The zero-order chi connectivity index (χ0) is 14.7. The van der Waals surface area contributed by atoms with Gasteiger partial charge in [-0.05, 0) is 39.0 Å². The van der Waals surface area contributed by atoms with Crippen molar-refractivity contribution in [2.45, 2.75) is 27.2 Å². The summed E-state index contributed by atoms with van der Waals surface area (Å²) in [5, 5.41) is 0. The minimum Gasteiger partial charge on any atom is -0.496 e. The molecule has 3 heteroatoms. The van der Waals surface area contributed by atoms with E-state index in [0.717, 1.165) is 28.3 Å². The van der Waals surface area contributed by atoms with Crippen molar-refractivity contribution in [3.05, 3.63) is 58.4 Å². The molecule has 0 unspecified atom stereocenters. The summed E-state index contributed by atoms with van der Waals surface area (Å²) in [6.07, 6.45) is 0.341. The number of carbonyl (C=O) groups is 1. The van der Waals surface area contributed by atoms with E-state index in [1.807, 2.05) is 51.1 Å². The van der Waals surface area contributed by atoms with Crippen molar-refractivity contribution < 1.29 is 9.53 Å². The minimum atomic E-state index is 0.0856. The first-order chi connectivity index (χ1) is 9.49. The van der Waals surface area contributed by atoms with Gasteiger partial charge in [-0.15, -0.1) is 0 Å². The van der Waals surface area contributed by atoms with Crippen LogP contribution in [0.5, 0.6) is 5.75 Å². The van der Waals surface area contributed by atoms with Crippen molar-refractivity contribution in [1.29, 1.82) is 0 Å². The molecular formula is C17H19NO2. The van der Waals surface area contributed by atoms with Crippen molar-refractivity contribution in [3.63, 3.8) is 0 Å². The lowest BCUT2D eigenvalue weighted by Gasteiger charge is -2.09. The summed E-state index contributed by atoms with van der Waals surface area (Å²) in [5.41, 5.74) is 4.48. The Morgan fingerprint density at radius 2 is 1.75 bits per heavy atom. The second-order valence-corrected chi connectivity index (χ2v) is 5.05. The van der Waals surface area contributed by atoms with E-state index in [9.17, 15) is 4.79 Å². The van der Waals surface area contributed by atoms with Gasteiger partial charge >= 0.3 is 0 Å². The Labute approximate surface area is 119 Å². The molecule has 20 heavy (non-hydrogen) atoms. The number of nitrogens with zero attached hydrogens (tertiary/aromatic N) is 1. The van der Waals surface area contributed by atoms with Gasteiger partial charge in [0.1, 0.15) is 5.75 Å². The summed E-state index contributed by atoms with van der Waals surface area (Å²) in [6, 6.07) is 9.54. The fraction of sp³-hybridized carbons (Fsp3) is 0.294. The number of pyridine rings is 1. The highest BCUT2D eigenvalue weighted by Gasteiger charge is 2.12. The molecule has 0 aliphatic carbocycles. The van der Waals surface area contributed by atoms with E-state index in [2.05, 4.69) is 4.98 Å². The maximum Gasteiger partial charge on any atom is 0.167 e. The zero-order valence-corrected chi connectivity index (χ0v) is 12.4. The molecule has 0 aliphatic rings. The van der Waals surface area contributed by atoms with Gasteiger partial charge in [0.25, 0.3) is 0 Å². The van der Waals surface area contributed by atoms with E-state index in [-0.39, 0.29) is 5.78 Å². The number of carbonyl (C=O) groups excluding carboxylic acids is 1. The van der Waals surface area contributed by atoms with Crippen LogP contribution in [0.25, 0.3) is 0 Å². The molecule has 1 aromatic carbocycles. The molecule has 0 atom stereocenters. The number of ether oxygens (including phenoxy) is 1. The Bertz CT molecular complexity index is 627. The first kappa shape index (κ1) is 14.3. The van der Waals surface area contributed by atoms with Crippen molar-refractivity contribution in [1.82, 2.24) is 4.98 Å². The average molecular weight is 269 g/mol. The van der Waals surface area contributed by atoms with Crippen LogP contribution >= 0.6 is 0 Å². The van der Waals surface area contributed by atoms with Gasteiger partial charge in [-0.3, -0.25) is 9.78 Å². The SMILES string of the molecule is COc1ccc(C)cc1CC(=O)c1cc(C)nc(C)c1. The lowest BCUT2D eigenvalue weighted by atomic mass is 10.0. The zero-order valence-electron chi connectivity index (χ0n) is 12.4. The minimum absolute atomic E-state index is 0.0856. The van der Waals surface area contributed by atoms with Crippen molar-refractivity contribution in [3.8, 4) is 5.75 Å². The fourth-order valence-corrected chi connectivity index (χ4v) is 2.32. The summed E-state index contributed by atoms with van der Waals surface area (Å²) in [4.78, 5) is 16.7.